The molecule has 0 aromatic carbocycles. The van der Waals surface area contributed by atoms with Crippen LogP contribution in [-0.4, -0.2) is 22.1 Å². The van der Waals surface area contributed by atoms with E-state index in [9.17, 15) is 14.0 Å². The minimum Gasteiger partial charge on any atom is -0.462 e. The molecule has 1 rings (SSSR count). The number of halogens is 1. The Bertz CT molecular complexity index is 416. The highest BCUT2D eigenvalue weighted by Crippen LogP contribution is 2.06. The first-order valence-electron chi connectivity index (χ1n) is 4.41. The van der Waals surface area contributed by atoms with E-state index >= 15 is 0 Å². The van der Waals surface area contributed by atoms with Crippen molar-refractivity contribution in [1.29, 1.82) is 0 Å². The van der Waals surface area contributed by atoms with Crippen LogP contribution in [0.4, 0.5) is 4.39 Å². The fraction of sp³-hybridized carbons (Fsp3) is 0.444. The van der Waals surface area contributed by atoms with Crippen molar-refractivity contribution in [2.75, 3.05) is 6.61 Å². The Morgan fingerprint density at radius 2 is 2.40 bits per heavy atom. The summed E-state index contributed by atoms with van der Waals surface area (Å²) in [5.74, 6) is -1.09. The van der Waals surface area contributed by atoms with Crippen LogP contribution in [0.5, 0.6) is 0 Å². The summed E-state index contributed by atoms with van der Waals surface area (Å²) in [7, 11) is 0. The van der Waals surface area contributed by atoms with Gasteiger partial charge in [-0.2, -0.15) is 0 Å². The predicted molar refractivity (Wildman–Crippen MR) is 50.0 cm³/mol. The number of carbonyl (C=O) groups is 1. The fourth-order valence-corrected chi connectivity index (χ4v) is 0.996. The molecule has 0 N–H and O–H groups in total. The number of carbonyl (C=O) groups excluding carboxylic acids is 1. The summed E-state index contributed by atoms with van der Waals surface area (Å²) in [6.07, 6.45) is -1.15. The highest BCUT2D eigenvalue weighted by Gasteiger charge is 2.21. The van der Waals surface area contributed by atoms with Crippen molar-refractivity contribution < 1.29 is 13.9 Å². The van der Waals surface area contributed by atoms with Gasteiger partial charge < -0.3 is 4.74 Å². The molecule has 82 valence electrons. The van der Waals surface area contributed by atoms with Gasteiger partial charge in [-0.25, -0.2) is 14.2 Å². The summed E-state index contributed by atoms with van der Waals surface area (Å²) in [6, 6.07) is 1.14. The van der Waals surface area contributed by atoms with Gasteiger partial charge >= 0.3 is 5.97 Å². The van der Waals surface area contributed by atoms with Gasteiger partial charge in [-0.15, -0.1) is 0 Å². The molecule has 0 fully saturated rings. The zero-order valence-corrected chi connectivity index (χ0v) is 8.44. The highest BCUT2D eigenvalue weighted by molar-refractivity contribution is 5.72. The van der Waals surface area contributed by atoms with Gasteiger partial charge in [0.05, 0.1) is 6.61 Å². The second-order valence-electron chi connectivity index (χ2n) is 2.86. The van der Waals surface area contributed by atoms with Crippen LogP contribution in [0.25, 0.3) is 0 Å². The summed E-state index contributed by atoms with van der Waals surface area (Å²) in [4.78, 5) is 26.0. The third-order valence-corrected chi connectivity index (χ3v) is 1.70. The predicted octanol–water partition coefficient (Wildman–Crippen LogP) is 0.583. The Labute approximate surface area is 85.5 Å². The molecule has 0 bridgehead atoms. The number of rotatable bonds is 3. The van der Waals surface area contributed by atoms with E-state index in [1.807, 2.05) is 0 Å². The monoisotopic (exact) mass is 214 g/mol. The van der Waals surface area contributed by atoms with E-state index in [0.29, 0.717) is 10.3 Å². The summed E-state index contributed by atoms with van der Waals surface area (Å²) in [6.45, 7) is 3.22. The van der Waals surface area contributed by atoms with E-state index in [-0.39, 0.29) is 6.61 Å². The van der Waals surface area contributed by atoms with Crippen LogP contribution < -0.4 is 5.56 Å². The Hall–Kier alpha value is -1.72. The van der Waals surface area contributed by atoms with E-state index in [1.54, 1.807) is 13.8 Å². The third-order valence-electron chi connectivity index (χ3n) is 1.70. The van der Waals surface area contributed by atoms with Gasteiger partial charge in [0.2, 0.25) is 0 Å². The molecule has 0 aliphatic heterocycles. The van der Waals surface area contributed by atoms with Crippen molar-refractivity contribution in [3.05, 3.63) is 28.4 Å². The van der Waals surface area contributed by atoms with E-state index < -0.39 is 17.8 Å². The van der Waals surface area contributed by atoms with Gasteiger partial charge in [-0.1, -0.05) is 0 Å². The molecule has 15 heavy (non-hydrogen) atoms. The number of nitrogens with zero attached hydrogens (tertiary/aromatic N) is 2. The number of aromatic nitrogens is 2. The molecule has 0 saturated heterocycles. The molecular formula is C9H11FN2O3. The lowest BCUT2D eigenvalue weighted by Gasteiger charge is -2.09. The van der Waals surface area contributed by atoms with Crippen LogP contribution in [0.2, 0.25) is 0 Å². The molecule has 0 aliphatic rings. The van der Waals surface area contributed by atoms with Crippen molar-refractivity contribution in [2.45, 2.75) is 20.1 Å². The second-order valence-corrected chi connectivity index (χ2v) is 2.86. The van der Waals surface area contributed by atoms with Gasteiger partial charge in [0, 0.05) is 11.8 Å². The topological polar surface area (TPSA) is 61.2 Å². The van der Waals surface area contributed by atoms with Crippen molar-refractivity contribution in [3.63, 3.8) is 0 Å². The number of aryl methyl sites for hydroxylation is 1. The van der Waals surface area contributed by atoms with Crippen LogP contribution in [0.15, 0.2) is 17.2 Å². The van der Waals surface area contributed by atoms with E-state index in [4.69, 9.17) is 0 Å². The largest absolute Gasteiger partial charge is 0.462 e. The molecule has 0 saturated carbocycles. The summed E-state index contributed by atoms with van der Waals surface area (Å²) in [5.41, 5.74) is -0.157. The molecule has 1 heterocycles. The minimum atomic E-state index is -2.13. The number of esters is 1. The van der Waals surface area contributed by atoms with Crippen molar-refractivity contribution >= 4 is 5.97 Å². The normalized spacial score (nSPS) is 12.2. The SMILES string of the molecule is CCOC(=O)C(F)n1cnc(C)cc1=O. The third kappa shape index (κ3) is 2.61. The van der Waals surface area contributed by atoms with E-state index in [0.717, 1.165) is 12.4 Å². The number of ether oxygens (including phenoxy) is 1. The highest BCUT2D eigenvalue weighted by atomic mass is 19.1. The minimum absolute atomic E-state index is 0.0628. The maximum Gasteiger partial charge on any atom is 0.362 e. The van der Waals surface area contributed by atoms with Gasteiger partial charge in [0.15, 0.2) is 0 Å². The van der Waals surface area contributed by atoms with Crippen LogP contribution in [-0.2, 0) is 9.53 Å². The van der Waals surface area contributed by atoms with Crippen molar-refractivity contribution in [2.24, 2.45) is 0 Å². The maximum absolute atomic E-state index is 13.4. The second kappa shape index (κ2) is 4.68. The standard InChI is InChI=1S/C9H11FN2O3/c1-3-15-9(14)8(10)12-5-11-6(2)4-7(12)13/h4-5,8H,3H2,1-2H3. The lowest BCUT2D eigenvalue weighted by Crippen LogP contribution is -2.28. The Balaban J connectivity index is 2.96. The molecule has 0 amide bonds. The molecule has 0 aliphatic carbocycles. The number of alkyl halides is 1. The Kier molecular flexibility index (Phi) is 3.54. The first kappa shape index (κ1) is 11.4. The van der Waals surface area contributed by atoms with Crippen LogP contribution in [0, 0.1) is 6.92 Å². The molecule has 1 unspecified atom stereocenters. The average Bonchev–Trinajstić information content (AvgIpc) is 2.17. The Morgan fingerprint density at radius 1 is 1.73 bits per heavy atom. The quantitative estimate of drug-likeness (QED) is 0.690. The summed E-state index contributed by atoms with van der Waals surface area (Å²) < 4.78 is 18.4. The average molecular weight is 214 g/mol. The summed E-state index contributed by atoms with van der Waals surface area (Å²) >= 11 is 0. The maximum atomic E-state index is 13.4. The molecule has 1 aromatic rings. The van der Waals surface area contributed by atoms with Gasteiger partial charge in [-0.05, 0) is 13.8 Å². The van der Waals surface area contributed by atoms with Gasteiger partial charge in [0.1, 0.15) is 6.33 Å². The Morgan fingerprint density at radius 3 is 2.93 bits per heavy atom. The van der Waals surface area contributed by atoms with Crippen molar-refractivity contribution in [1.82, 2.24) is 9.55 Å². The molecule has 0 spiro atoms. The number of hydrogen-bond acceptors (Lipinski definition) is 4. The summed E-state index contributed by atoms with van der Waals surface area (Å²) in [5, 5.41) is 0. The van der Waals surface area contributed by atoms with Gasteiger partial charge in [-0.3, -0.25) is 9.36 Å². The van der Waals surface area contributed by atoms with Crippen LogP contribution in [0.3, 0.4) is 0 Å². The van der Waals surface area contributed by atoms with Crippen molar-refractivity contribution in [3.8, 4) is 0 Å². The first-order chi connectivity index (χ1) is 7.06. The van der Waals surface area contributed by atoms with Gasteiger partial charge in [0.25, 0.3) is 11.9 Å². The fourth-order valence-electron chi connectivity index (χ4n) is 0.996. The zero-order valence-electron chi connectivity index (χ0n) is 8.44. The lowest BCUT2D eigenvalue weighted by atomic mass is 10.4. The zero-order chi connectivity index (χ0) is 11.4. The number of hydrogen-bond donors (Lipinski definition) is 0. The van der Waals surface area contributed by atoms with E-state index in [1.165, 1.54) is 0 Å². The molecule has 0 radical (unpaired) electrons. The lowest BCUT2D eigenvalue weighted by molar-refractivity contribution is -0.153. The molecule has 1 aromatic heterocycles. The molecular weight excluding hydrogens is 203 g/mol. The molecule has 6 heteroatoms. The smallest absolute Gasteiger partial charge is 0.362 e. The molecule has 5 nitrogen and oxygen atoms in total. The first-order valence-corrected chi connectivity index (χ1v) is 4.41. The van der Waals surface area contributed by atoms with Crippen LogP contribution >= 0.6 is 0 Å². The molecule has 1 atom stereocenters. The van der Waals surface area contributed by atoms with E-state index in [2.05, 4.69) is 9.72 Å². The van der Waals surface area contributed by atoms with Crippen LogP contribution in [0.1, 0.15) is 18.9 Å².